The number of hydrogen-bond acceptors (Lipinski definition) is 4. The Morgan fingerprint density at radius 3 is 2.16 bits per heavy atom. The van der Waals surface area contributed by atoms with Gasteiger partial charge in [0.25, 0.3) is 0 Å². The van der Waals surface area contributed by atoms with E-state index in [9.17, 15) is 14.7 Å². The molecule has 5 rings (SSSR count). The van der Waals surface area contributed by atoms with Crippen molar-refractivity contribution in [2.45, 2.75) is 170 Å². The summed E-state index contributed by atoms with van der Waals surface area (Å²) in [5.74, 6) is 5.47. The van der Waals surface area contributed by atoms with Crippen LogP contribution in [0.4, 0.5) is 0 Å². The molecule has 5 aliphatic rings. The van der Waals surface area contributed by atoms with E-state index in [2.05, 4.69) is 59.4 Å². The molecule has 0 unspecified atom stereocenters. The van der Waals surface area contributed by atoms with Crippen molar-refractivity contribution in [3.8, 4) is 12.3 Å². The van der Waals surface area contributed by atoms with Crippen molar-refractivity contribution in [1.82, 2.24) is 5.32 Å². The zero-order valence-corrected chi connectivity index (χ0v) is 32.3. The van der Waals surface area contributed by atoms with Crippen LogP contribution < -0.4 is 5.32 Å². The number of ether oxygens (including phenoxy) is 1. The average Bonchev–Trinajstić information content (AvgIpc) is 3.44. The van der Waals surface area contributed by atoms with Crippen molar-refractivity contribution in [2.24, 2.45) is 56.7 Å². The summed E-state index contributed by atoms with van der Waals surface area (Å²) in [6, 6.07) is 0. The number of amides is 1. The number of fused-ring (bicyclic) bond motifs is 7. The fourth-order valence-corrected chi connectivity index (χ4v) is 13.5. The number of carbonyl (C=O) groups excluding carboxylic acids is 2. The van der Waals surface area contributed by atoms with Gasteiger partial charge in [0, 0.05) is 18.3 Å². The quantitative estimate of drug-likeness (QED) is 0.0831. The van der Waals surface area contributed by atoms with Gasteiger partial charge in [-0.2, -0.15) is 0 Å². The number of terminal acetylenes is 1. The van der Waals surface area contributed by atoms with Crippen LogP contribution in [0.15, 0.2) is 12.2 Å². The van der Waals surface area contributed by atoms with Gasteiger partial charge in [-0.1, -0.05) is 84.8 Å². The van der Waals surface area contributed by atoms with E-state index in [-0.39, 0.29) is 39.6 Å². The fraction of sp³-hybridized carbons (Fsp3) is 0.864. The van der Waals surface area contributed by atoms with E-state index >= 15 is 0 Å². The van der Waals surface area contributed by atoms with Crippen LogP contribution in [0.25, 0.3) is 0 Å². The third-order valence-electron chi connectivity index (χ3n) is 16.4. The Hall–Kier alpha value is -1.80. The highest BCUT2D eigenvalue weighted by Crippen LogP contribution is 2.77. The maximum atomic E-state index is 13.1. The largest absolute Gasteiger partial charge is 0.465 e. The number of rotatable bonds is 14. The Labute approximate surface area is 299 Å². The zero-order chi connectivity index (χ0) is 35.7. The predicted octanol–water partition coefficient (Wildman–Crippen LogP) is 9.81. The van der Waals surface area contributed by atoms with Gasteiger partial charge < -0.3 is 15.2 Å². The Balaban J connectivity index is 1.16. The number of allylic oxidation sites excluding steroid dienone is 1. The van der Waals surface area contributed by atoms with Crippen molar-refractivity contribution < 1.29 is 19.4 Å². The third kappa shape index (κ3) is 7.04. The molecule has 10 atom stereocenters. The normalized spacial score (nSPS) is 40.5. The summed E-state index contributed by atoms with van der Waals surface area (Å²) in [5.41, 5.74) is 2.26. The minimum absolute atomic E-state index is 0.0118. The third-order valence-corrected chi connectivity index (χ3v) is 16.4. The number of nitrogens with one attached hydrogen (secondary N) is 1. The molecule has 0 heterocycles. The first-order chi connectivity index (χ1) is 23.2. The number of esters is 1. The van der Waals surface area contributed by atoms with Gasteiger partial charge in [0.15, 0.2) is 0 Å². The Morgan fingerprint density at radius 1 is 0.816 bits per heavy atom. The topological polar surface area (TPSA) is 75.6 Å². The van der Waals surface area contributed by atoms with Crippen LogP contribution in [0.5, 0.6) is 0 Å². The maximum Gasteiger partial charge on any atom is 0.305 e. The molecule has 0 radical (unpaired) electrons. The number of aliphatic hydroxyl groups is 1. The first-order valence-electron chi connectivity index (χ1n) is 20.4. The molecule has 0 aromatic carbocycles. The summed E-state index contributed by atoms with van der Waals surface area (Å²) >= 11 is 0. The SMILES string of the molecule is C#CCNC(=O)CCCCCCCCCC(=O)OC[C@]12CC[C@@H](C(=C)C)[C@@H]1[C@H]1CC[C@@H]3[C@@]4(C)CC[C@H](O)C(C)(C)[C@@H]4CC[C@@]3(C)[C@]1(C)CC2. The van der Waals surface area contributed by atoms with Crippen LogP contribution >= 0.6 is 0 Å². The molecule has 5 fully saturated rings. The highest BCUT2D eigenvalue weighted by molar-refractivity contribution is 5.76. The van der Waals surface area contributed by atoms with Gasteiger partial charge in [-0.25, -0.2) is 0 Å². The summed E-state index contributed by atoms with van der Waals surface area (Å²) in [4.78, 5) is 24.8. The Kier molecular flexibility index (Phi) is 11.8. The molecule has 0 aromatic heterocycles. The molecule has 0 aromatic rings. The summed E-state index contributed by atoms with van der Waals surface area (Å²) < 4.78 is 6.25. The lowest BCUT2D eigenvalue weighted by Gasteiger charge is -2.73. The molecule has 276 valence electrons. The first-order valence-corrected chi connectivity index (χ1v) is 20.4. The fourth-order valence-electron chi connectivity index (χ4n) is 13.5. The molecule has 5 saturated carbocycles. The van der Waals surface area contributed by atoms with Gasteiger partial charge in [0.2, 0.25) is 5.91 Å². The molecular formula is C44H71NO4. The van der Waals surface area contributed by atoms with E-state index in [4.69, 9.17) is 11.2 Å². The summed E-state index contributed by atoms with van der Waals surface area (Å²) in [5, 5.41) is 13.8. The van der Waals surface area contributed by atoms with Gasteiger partial charge in [-0.15, -0.1) is 6.42 Å². The standard InChI is InChI=1S/C44H71NO4/c1-9-29-45-37(47)17-15-13-11-10-12-14-16-18-38(48)49-30-44-26-21-32(31(2)3)39(44)33-19-20-35-41(6)24-23-36(46)40(4,5)34(41)22-25-43(35,8)42(33,7)27-28-44/h1,32-36,39,46H,2,10-30H2,3-8H3,(H,45,47)/t32-,33+,34-,35+,36-,39+,41-,42+,43+,44+/m0/s1. The van der Waals surface area contributed by atoms with E-state index in [1.165, 1.54) is 50.5 Å². The van der Waals surface area contributed by atoms with Crippen molar-refractivity contribution in [3.63, 3.8) is 0 Å². The minimum atomic E-state index is -0.183. The van der Waals surface area contributed by atoms with Gasteiger partial charge in [-0.3, -0.25) is 9.59 Å². The summed E-state index contributed by atoms with van der Waals surface area (Å²) in [7, 11) is 0. The van der Waals surface area contributed by atoms with Gasteiger partial charge in [0.1, 0.15) is 0 Å². The average molecular weight is 678 g/mol. The lowest BCUT2D eigenvalue weighted by Crippen LogP contribution is -2.66. The highest BCUT2D eigenvalue weighted by atomic mass is 16.5. The molecule has 5 heteroatoms. The van der Waals surface area contributed by atoms with Crippen molar-refractivity contribution in [1.29, 1.82) is 0 Å². The Morgan fingerprint density at radius 2 is 1.49 bits per heavy atom. The second-order valence-corrected chi connectivity index (χ2v) is 19.0. The van der Waals surface area contributed by atoms with Crippen molar-refractivity contribution in [3.05, 3.63) is 12.2 Å². The predicted molar refractivity (Wildman–Crippen MR) is 199 cm³/mol. The molecule has 49 heavy (non-hydrogen) atoms. The maximum absolute atomic E-state index is 13.1. The highest BCUT2D eigenvalue weighted by Gasteiger charge is 2.71. The summed E-state index contributed by atoms with van der Waals surface area (Å²) in [6.07, 6.45) is 25.3. The second kappa shape index (κ2) is 15.0. The molecule has 0 aliphatic heterocycles. The second-order valence-electron chi connectivity index (χ2n) is 19.0. The molecule has 5 nitrogen and oxygen atoms in total. The van der Waals surface area contributed by atoms with E-state index in [1.807, 2.05) is 0 Å². The van der Waals surface area contributed by atoms with Crippen LogP contribution in [0, 0.1) is 69.0 Å². The van der Waals surface area contributed by atoms with E-state index in [0.717, 1.165) is 64.2 Å². The number of aliphatic hydroxyl groups excluding tert-OH is 1. The molecule has 2 N–H and O–H groups in total. The van der Waals surface area contributed by atoms with Gasteiger partial charge in [0.05, 0.1) is 19.3 Å². The minimum Gasteiger partial charge on any atom is -0.465 e. The van der Waals surface area contributed by atoms with E-state index in [1.54, 1.807) is 0 Å². The molecule has 1 amide bonds. The van der Waals surface area contributed by atoms with E-state index in [0.29, 0.717) is 61.0 Å². The number of unbranched alkanes of at least 4 members (excludes halogenated alkanes) is 6. The van der Waals surface area contributed by atoms with Crippen molar-refractivity contribution >= 4 is 11.9 Å². The lowest BCUT2D eigenvalue weighted by molar-refractivity contribution is -0.250. The number of carbonyl (C=O) groups is 2. The molecule has 0 spiro atoms. The molecule has 0 saturated heterocycles. The van der Waals surface area contributed by atoms with E-state index < -0.39 is 0 Å². The van der Waals surface area contributed by atoms with Crippen LogP contribution in [-0.4, -0.2) is 36.2 Å². The molecule has 5 aliphatic carbocycles. The zero-order valence-electron chi connectivity index (χ0n) is 32.3. The summed E-state index contributed by atoms with van der Waals surface area (Å²) in [6.45, 7) is 20.4. The van der Waals surface area contributed by atoms with Crippen LogP contribution in [0.2, 0.25) is 0 Å². The first kappa shape index (κ1) is 38.4. The lowest BCUT2D eigenvalue weighted by atomic mass is 9.32. The van der Waals surface area contributed by atoms with Crippen molar-refractivity contribution in [2.75, 3.05) is 13.2 Å². The van der Waals surface area contributed by atoms with Crippen LogP contribution in [0.3, 0.4) is 0 Å². The molecule has 0 bridgehead atoms. The Bertz CT molecular complexity index is 1250. The van der Waals surface area contributed by atoms with Gasteiger partial charge in [-0.05, 0) is 135 Å². The van der Waals surface area contributed by atoms with Gasteiger partial charge >= 0.3 is 5.97 Å². The monoisotopic (exact) mass is 678 g/mol. The number of hydrogen-bond donors (Lipinski definition) is 2. The smallest absolute Gasteiger partial charge is 0.305 e. The molecular weight excluding hydrogens is 606 g/mol. The van der Waals surface area contributed by atoms with Crippen LogP contribution in [-0.2, 0) is 14.3 Å². The van der Waals surface area contributed by atoms with Crippen LogP contribution in [0.1, 0.15) is 164 Å².